The highest BCUT2D eigenvalue weighted by molar-refractivity contribution is 4.80. The fraction of sp³-hybridized carbons (Fsp3) is 1.00. The van der Waals surface area contributed by atoms with E-state index in [4.69, 9.17) is 0 Å². The molecule has 0 saturated heterocycles. The molecule has 4 atom stereocenters. The number of aliphatic hydroxyl groups is 1. The van der Waals surface area contributed by atoms with E-state index in [-0.39, 0.29) is 6.10 Å². The summed E-state index contributed by atoms with van der Waals surface area (Å²) in [5.41, 5.74) is 0. The van der Waals surface area contributed by atoms with Crippen molar-refractivity contribution in [3.63, 3.8) is 0 Å². The fourth-order valence-corrected chi connectivity index (χ4v) is 2.43. The van der Waals surface area contributed by atoms with Gasteiger partial charge in [0.15, 0.2) is 0 Å². The lowest BCUT2D eigenvalue weighted by Crippen LogP contribution is -2.30. The van der Waals surface area contributed by atoms with Gasteiger partial charge in [0, 0.05) is 0 Å². The van der Waals surface area contributed by atoms with E-state index in [0.717, 1.165) is 30.6 Å². The SMILES string of the molecule is CCC(C)C1CC(O)CCC1C. The van der Waals surface area contributed by atoms with Gasteiger partial charge in [0.05, 0.1) is 6.10 Å². The number of aliphatic hydroxyl groups excluding tert-OH is 1. The van der Waals surface area contributed by atoms with Crippen LogP contribution in [0.1, 0.15) is 46.5 Å². The average molecular weight is 170 g/mol. The summed E-state index contributed by atoms with van der Waals surface area (Å²) >= 11 is 0. The number of hydrogen-bond acceptors (Lipinski definition) is 1. The summed E-state index contributed by atoms with van der Waals surface area (Å²) in [4.78, 5) is 0. The van der Waals surface area contributed by atoms with Crippen molar-refractivity contribution in [2.75, 3.05) is 0 Å². The Hall–Kier alpha value is -0.0400. The highest BCUT2D eigenvalue weighted by Crippen LogP contribution is 2.36. The molecule has 0 aromatic heterocycles. The lowest BCUT2D eigenvalue weighted by Gasteiger charge is -2.35. The molecular weight excluding hydrogens is 148 g/mol. The predicted octanol–water partition coefficient (Wildman–Crippen LogP) is 2.83. The second-order valence-corrected chi connectivity index (χ2v) is 4.49. The van der Waals surface area contributed by atoms with Gasteiger partial charge in [0.2, 0.25) is 0 Å². The predicted molar refractivity (Wildman–Crippen MR) is 52.0 cm³/mol. The molecule has 4 unspecified atom stereocenters. The Morgan fingerprint density at radius 2 is 2.08 bits per heavy atom. The Morgan fingerprint density at radius 3 is 2.67 bits per heavy atom. The lowest BCUT2D eigenvalue weighted by molar-refractivity contribution is 0.0510. The molecule has 1 nitrogen and oxygen atoms in total. The van der Waals surface area contributed by atoms with E-state index in [1.807, 2.05) is 0 Å². The summed E-state index contributed by atoms with van der Waals surface area (Å²) in [5, 5.41) is 9.54. The second-order valence-electron chi connectivity index (χ2n) is 4.49. The molecule has 1 heteroatoms. The minimum atomic E-state index is -0.0137. The van der Waals surface area contributed by atoms with E-state index in [0.29, 0.717) is 0 Å². The molecule has 1 aliphatic rings. The minimum Gasteiger partial charge on any atom is -0.393 e. The molecular formula is C11H22O. The van der Waals surface area contributed by atoms with Crippen molar-refractivity contribution in [1.29, 1.82) is 0 Å². The van der Waals surface area contributed by atoms with Crippen LogP contribution >= 0.6 is 0 Å². The molecule has 0 aromatic rings. The zero-order valence-corrected chi connectivity index (χ0v) is 8.59. The van der Waals surface area contributed by atoms with Gasteiger partial charge in [-0.25, -0.2) is 0 Å². The van der Waals surface area contributed by atoms with Crippen molar-refractivity contribution in [2.45, 2.75) is 52.6 Å². The summed E-state index contributed by atoms with van der Waals surface area (Å²) in [6.45, 7) is 6.90. The molecule has 1 aliphatic carbocycles. The Kier molecular flexibility index (Phi) is 3.57. The Morgan fingerprint density at radius 1 is 1.42 bits per heavy atom. The molecule has 0 aromatic carbocycles. The van der Waals surface area contributed by atoms with Gasteiger partial charge >= 0.3 is 0 Å². The summed E-state index contributed by atoms with van der Waals surface area (Å²) in [5.74, 6) is 2.37. The molecule has 72 valence electrons. The highest BCUT2D eigenvalue weighted by Gasteiger charge is 2.29. The van der Waals surface area contributed by atoms with E-state index < -0.39 is 0 Å². The Labute approximate surface area is 76.2 Å². The van der Waals surface area contributed by atoms with E-state index in [2.05, 4.69) is 20.8 Å². The normalized spacial score (nSPS) is 39.5. The molecule has 0 bridgehead atoms. The molecule has 0 radical (unpaired) electrons. The third-order valence-electron chi connectivity index (χ3n) is 3.61. The van der Waals surface area contributed by atoms with Gasteiger partial charge in [-0.15, -0.1) is 0 Å². The summed E-state index contributed by atoms with van der Waals surface area (Å²) < 4.78 is 0. The van der Waals surface area contributed by atoms with Gasteiger partial charge in [0.25, 0.3) is 0 Å². The van der Waals surface area contributed by atoms with Crippen LogP contribution in [-0.2, 0) is 0 Å². The number of hydrogen-bond donors (Lipinski definition) is 1. The minimum absolute atomic E-state index is 0.0137. The number of rotatable bonds is 2. The van der Waals surface area contributed by atoms with Crippen LogP contribution in [0.25, 0.3) is 0 Å². The van der Waals surface area contributed by atoms with Gasteiger partial charge in [-0.1, -0.05) is 27.2 Å². The van der Waals surface area contributed by atoms with Crippen LogP contribution in [0.2, 0.25) is 0 Å². The molecule has 1 saturated carbocycles. The highest BCUT2D eigenvalue weighted by atomic mass is 16.3. The van der Waals surface area contributed by atoms with Gasteiger partial charge in [0.1, 0.15) is 0 Å². The van der Waals surface area contributed by atoms with E-state index in [1.165, 1.54) is 12.8 Å². The van der Waals surface area contributed by atoms with Crippen molar-refractivity contribution >= 4 is 0 Å². The van der Waals surface area contributed by atoms with E-state index in [1.54, 1.807) is 0 Å². The van der Waals surface area contributed by atoms with Crippen LogP contribution < -0.4 is 0 Å². The van der Waals surface area contributed by atoms with Crippen molar-refractivity contribution in [1.82, 2.24) is 0 Å². The largest absolute Gasteiger partial charge is 0.393 e. The fourth-order valence-electron chi connectivity index (χ4n) is 2.43. The van der Waals surface area contributed by atoms with Crippen molar-refractivity contribution in [3.8, 4) is 0 Å². The molecule has 1 N–H and O–H groups in total. The molecule has 1 fully saturated rings. The molecule has 0 heterocycles. The molecule has 1 rings (SSSR count). The first kappa shape index (κ1) is 10.0. The van der Waals surface area contributed by atoms with E-state index >= 15 is 0 Å². The van der Waals surface area contributed by atoms with Crippen molar-refractivity contribution in [2.24, 2.45) is 17.8 Å². The van der Waals surface area contributed by atoms with E-state index in [9.17, 15) is 5.11 Å². The smallest absolute Gasteiger partial charge is 0.0543 e. The van der Waals surface area contributed by atoms with Crippen LogP contribution in [0.5, 0.6) is 0 Å². The maximum atomic E-state index is 9.54. The Bertz CT molecular complexity index is 129. The Balaban J connectivity index is 2.48. The van der Waals surface area contributed by atoms with Crippen molar-refractivity contribution in [3.05, 3.63) is 0 Å². The molecule has 0 amide bonds. The topological polar surface area (TPSA) is 20.2 Å². The average Bonchev–Trinajstić information content (AvgIpc) is 2.08. The van der Waals surface area contributed by atoms with Crippen LogP contribution in [0, 0.1) is 17.8 Å². The van der Waals surface area contributed by atoms with Gasteiger partial charge in [-0.2, -0.15) is 0 Å². The molecule has 0 spiro atoms. The first-order valence-corrected chi connectivity index (χ1v) is 5.33. The zero-order chi connectivity index (χ0) is 9.14. The third kappa shape index (κ3) is 2.22. The van der Waals surface area contributed by atoms with Gasteiger partial charge in [-0.3, -0.25) is 0 Å². The summed E-state index contributed by atoms with van der Waals surface area (Å²) in [7, 11) is 0. The third-order valence-corrected chi connectivity index (χ3v) is 3.61. The molecule has 0 aliphatic heterocycles. The van der Waals surface area contributed by atoms with Crippen LogP contribution in [0.4, 0.5) is 0 Å². The monoisotopic (exact) mass is 170 g/mol. The zero-order valence-electron chi connectivity index (χ0n) is 8.59. The first-order valence-electron chi connectivity index (χ1n) is 5.33. The quantitative estimate of drug-likeness (QED) is 0.675. The van der Waals surface area contributed by atoms with Gasteiger partial charge in [-0.05, 0) is 37.0 Å². The van der Waals surface area contributed by atoms with Crippen molar-refractivity contribution < 1.29 is 5.11 Å². The van der Waals surface area contributed by atoms with Crippen LogP contribution in [0.15, 0.2) is 0 Å². The summed E-state index contributed by atoms with van der Waals surface area (Å²) in [6, 6.07) is 0. The van der Waals surface area contributed by atoms with Crippen LogP contribution in [0.3, 0.4) is 0 Å². The molecule has 12 heavy (non-hydrogen) atoms. The van der Waals surface area contributed by atoms with Crippen LogP contribution in [-0.4, -0.2) is 11.2 Å². The standard InChI is InChI=1S/C11H22O/c1-4-8(2)11-7-10(12)6-5-9(11)3/h8-12H,4-7H2,1-3H3. The lowest BCUT2D eigenvalue weighted by atomic mass is 9.72. The maximum absolute atomic E-state index is 9.54. The van der Waals surface area contributed by atoms with Gasteiger partial charge < -0.3 is 5.11 Å². The second kappa shape index (κ2) is 4.27. The summed E-state index contributed by atoms with van der Waals surface area (Å²) in [6.07, 6.45) is 4.52. The maximum Gasteiger partial charge on any atom is 0.0543 e. The first-order chi connectivity index (χ1) is 5.65.